The van der Waals surface area contributed by atoms with E-state index < -0.39 is 23.1 Å². The number of fused-ring (bicyclic) bond motifs is 3. The second-order valence-corrected chi connectivity index (χ2v) is 5.83. The van der Waals surface area contributed by atoms with Crippen molar-refractivity contribution in [1.29, 1.82) is 0 Å². The van der Waals surface area contributed by atoms with E-state index in [-0.39, 0.29) is 52.2 Å². The number of hydrogen-bond acceptors (Lipinski definition) is 6. The van der Waals surface area contributed by atoms with E-state index in [0.717, 1.165) is 0 Å². The average molecular weight is 324 g/mol. The third-order valence-corrected chi connectivity index (χ3v) is 4.50. The Kier molecular flexibility index (Phi) is 2.75. The van der Waals surface area contributed by atoms with Crippen LogP contribution in [-0.2, 0) is 6.42 Å². The van der Waals surface area contributed by atoms with Crippen molar-refractivity contribution in [3.8, 4) is 17.2 Å². The third-order valence-electron chi connectivity index (χ3n) is 4.50. The van der Waals surface area contributed by atoms with Crippen molar-refractivity contribution in [2.24, 2.45) is 0 Å². The Morgan fingerprint density at radius 1 is 0.792 bits per heavy atom. The summed E-state index contributed by atoms with van der Waals surface area (Å²) in [5.41, 5.74) is -0.394. The molecule has 0 aliphatic heterocycles. The lowest BCUT2D eigenvalue weighted by Crippen LogP contribution is -2.23. The molecular weight excluding hydrogens is 312 g/mol. The maximum absolute atomic E-state index is 12.7. The standard InChI is InChI=1S/C18H12O6/c19-7-4-5-8-10(6-7)17(23)13-14(15(8)21)18(24)12-9(16(13)22)2-1-3-11(12)20/h1-3,6,19-21,23H,4-5H2. The van der Waals surface area contributed by atoms with Crippen LogP contribution < -0.4 is 0 Å². The van der Waals surface area contributed by atoms with Crippen LogP contribution in [0.5, 0.6) is 17.2 Å². The molecule has 0 unspecified atom stereocenters. The molecule has 0 atom stereocenters. The summed E-state index contributed by atoms with van der Waals surface area (Å²) < 4.78 is 0. The van der Waals surface area contributed by atoms with Gasteiger partial charge in [-0.2, -0.15) is 0 Å². The normalized spacial score (nSPS) is 15.4. The Labute approximate surface area is 135 Å². The summed E-state index contributed by atoms with van der Waals surface area (Å²) in [6.07, 6.45) is 1.76. The summed E-state index contributed by atoms with van der Waals surface area (Å²) in [6, 6.07) is 4.08. The van der Waals surface area contributed by atoms with Crippen molar-refractivity contribution < 1.29 is 30.0 Å². The number of benzene rings is 2. The second kappa shape index (κ2) is 4.61. The van der Waals surface area contributed by atoms with E-state index in [4.69, 9.17) is 0 Å². The minimum absolute atomic E-state index is 0.0183. The Hall–Kier alpha value is -3.28. The Bertz CT molecular complexity index is 984. The number of aliphatic hydroxyl groups excluding tert-OH is 1. The fourth-order valence-electron chi connectivity index (χ4n) is 3.36. The van der Waals surface area contributed by atoms with Crippen LogP contribution in [0.3, 0.4) is 0 Å². The maximum Gasteiger partial charge on any atom is 0.202 e. The first-order valence-corrected chi connectivity index (χ1v) is 7.33. The zero-order valence-electron chi connectivity index (χ0n) is 12.3. The van der Waals surface area contributed by atoms with Gasteiger partial charge >= 0.3 is 0 Å². The van der Waals surface area contributed by atoms with Gasteiger partial charge in [0.05, 0.1) is 22.4 Å². The Morgan fingerprint density at radius 3 is 2.25 bits per heavy atom. The van der Waals surface area contributed by atoms with Crippen molar-refractivity contribution in [3.63, 3.8) is 0 Å². The van der Waals surface area contributed by atoms with Crippen LogP contribution in [0.4, 0.5) is 0 Å². The predicted molar refractivity (Wildman–Crippen MR) is 83.7 cm³/mol. The zero-order valence-corrected chi connectivity index (χ0v) is 12.3. The zero-order chi connectivity index (χ0) is 17.2. The first-order valence-electron chi connectivity index (χ1n) is 7.33. The summed E-state index contributed by atoms with van der Waals surface area (Å²) >= 11 is 0. The maximum atomic E-state index is 12.7. The predicted octanol–water partition coefficient (Wildman–Crippen LogP) is 2.42. The molecule has 6 heteroatoms. The molecule has 4 rings (SSSR count). The summed E-state index contributed by atoms with van der Waals surface area (Å²) in [6.45, 7) is 0. The first kappa shape index (κ1) is 14.3. The molecule has 0 fully saturated rings. The van der Waals surface area contributed by atoms with Gasteiger partial charge in [0.25, 0.3) is 0 Å². The largest absolute Gasteiger partial charge is 0.512 e. The smallest absolute Gasteiger partial charge is 0.202 e. The van der Waals surface area contributed by atoms with Crippen molar-refractivity contribution >= 4 is 17.6 Å². The molecule has 0 saturated heterocycles. The first-order chi connectivity index (χ1) is 11.4. The van der Waals surface area contributed by atoms with Crippen molar-refractivity contribution in [3.05, 3.63) is 57.3 Å². The van der Waals surface area contributed by atoms with Crippen LogP contribution in [-0.4, -0.2) is 32.0 Å². The Morgan fingerprint density at radius 2 is 1.50 bits per heavy atom. The molecule has 0 radical (unpaired) electrons. The number of aliphatic hydroxyl groups is 1. The summed E-state index contributed by atoms with van der Waals surface area (Å²) in [4.78, 5) is 25.5. The van der Waals surface area contributed by atoms with Crippen LogP contribution in [0.25, 0.3) is 6.08 Å². The number of allylic oxidation sites excluding steroid dienone is 1. The lowest BCUT2D eigenvalue weighted by molar-refractivity contribution is 0.0971. The molecule has 0 bridgehead atoms. The minimum atomic E-state index is -0.716. The van der Waals surface area contributed by atoms with Crippen molar-refractivity contribution in [1.82, 2.24) is 0 Å². The molecule has 24 heavy (non-hydrogen) atoms. The molecule has 0 aromatic heterocycles. The SMILES string of the molecule is O=C1c2cccc(O)c2C(=O)c2c(O)c3c(c(O)c21)C=C(O)CC3. The molecule has 0 spiro atoms. The van der Waals surface area contributed by atoms with Gasteiger partial charge < -0.3 is 20.4 Å². The molecular formula is C18H12O6. The van der Waals surface area contributed by atoms with Gasteiger partial charge in [0, 0.05) is 23.1 Å². The quantitative estimate of drug-likeness (QED) is 0.472. The third kappa shape index (κ3) is 1.65. The fraction of sp³-hybridized carbons (Fsp3) is 0.111. The molecule has 4 N–H and O–H groups in total. The van der Waals surface area contributed by atoms with E-state index in [1.165, 1.54) is 24.3 Å². The van der Waals surface area contributed by atoms with E-state index in [1.807, 2.05) is 0 Å². The lowest BCUT2D eigenvalue weighted by atomic mass is 9.78. The molecule has 2 aromatic rings. The molecule has 2 aliphatic carbocycles. The number of aromatic hydroxyl groups is 3. The number of carbonyl (C=O) groups is 2. The van der Waals surface area contributed by atoms with Gasteiger partial charge in [-0.3, -0.25) is 9.59 Å². The van der Waals surface area contributed by atoms with Gasteiger partial charge in [-0.15, -0.1) is 0 Å². The van der Waals surface area contributed by atoms with Crippen LogP contribution in [0.2, 0.25) is 0 Å². The minimum Gasteiger partial charge on any atom is -0.512 e. The Balaban J connectivity index is 2.11. The number of ketones is 2. The number of rotatable bonds is 0. The van der Waals surface area contributed by atoms with Gasteiger partial charge in [0.15, 0.2) is 5.78 Å². The van der Waals surface area contributed by atoms with E-state index in [9.17, 15) is 30.0 Å². The molecule has 6 nitrogen and oxygen atoms in total. The fourth-order valence-corrected chi connectivity index (χ4v) is 3.36. The number of phenols is 3. The summed E-state index contributed by atoms with van der Waals surface area (Å²) in [5, 5.41) is 40.6. The number of hydrogen-bond donors (Lipinski definition) is 4. The molecule has 120 valence electrons. The van der Waals surface area contributed by atoms with Crippen molar-refractivity contribution in [2.75, 3.05) is 0 Å². The monoisotopic (exact) mass is 324 g/mol. The topological polar surface area (TPSA) is 115 Å². The van der Waals surface area contributed by atoms with Crippen LogP contribution >= 0.6 is 0 Å². The van der Waals surface area contributed by atoms with Crippen molar-refractivity contribution in [2.45, 2.75) is 12.8 Å². The van der Waals surface area contributed by atoms with Crippen LogP contribution in [0.1, 0.15) is 49.4 Å². The van der Waals surface area contributed by atoms with Gasteiger partial charge in [0.2, 0.25) is 5.78 Å². The highest BCUT2D eigenvalue weighted by Gasteiger charge is 2.39. The highest BCUT2D eigenvalue weighted by atomic mass is 16.3. The van der Waals surface area contributed by atoms with Gasteiger partial charge in [0.1, 0.15) is 17.2 Å². The lowest BCUT2D eigenvalue weighted by Gasteiger charge is -2.25. The highest BCUT2D eigenvalue weighted by molar-refractivity contribution is 6.31. The van der Waals surface area contributed by atoms with E-state index in [2.05, 4.69) is 0 Å². The van der Waals surface area contributed by atoms with Gasteiger partial charge in [-0.1, -0.05) is 12.1 Å². The summed E-state index contributed by atoms with van der Waals surface area (Å²) in [5.74, 6) is -2.56. The van der Waals surface area contributed by atoms with E-state index in [0.29, 0.717) is 5.56 Å². The van der Waals surface area contributed by atoms with Crippen LogP contribution in [0, 0.1) is 0 Å². The van der Waals surface area contributed by atoms with E-state index >= 15 is 0 Å². The van der Waals surface area contributed by atoms with Gasteiger partial charge in [-0.25, -0.2) is 0 Å². The van der Waals surface area contributed by atoms with Gasteiger partial charge in [-0.05, 0) is 18.6 Å². The van der Waals surface area contributed by atoms with Crippen LogP contribution in [0.15, 0.2) is 24.0 Å². The molecule has 0 heterocycles. The number of phenolic OH excluding ortho intramolecular Hbond substituents is 3. The van der Waals surface area contributed by atoms with E-state index in [1.54, 1.807) is 0 Å². The molecule has 0 saturated carbocycles. The summed E-state index contributed by atoms with van der Waals surface area (Å²) in [7, 11) is 0. The average Bonchev–Trinajstić information content (AvgIpc) is 2.55. The number of carbonyl (C=O) groups excluding carboxylic acids is 2. The molecule has 2 aromatic carbocycles. The highest BCUT2D eigenvalue weighted by Crippen LogP contribution is 2.46. The molecule has 2 aliphatic rings. The second-order valence-electron chi connectivity index (χ2n) is 5.83. The molecule has 0 amide bonds.